The quantitative estimate of drug-likeness (QED) is 0.773. The number of hydrogen-bond donors (Lipinski definition) is 2. The molecule has 2 aromatic carbocycles. The minimum atomic E-state index is -0.506. The number of nitrogens with zero attached hydrogens (tertiary/aromatic N) is 1. The number of hydrogen-bond acceptors (Lipinski definition) is 2. The number of aromatic nitrogens is 2. The molecular formula is C16H14FN3O. The van der Waals surface area contributed by atoms with Crippen LogP contribution in [-0.2, 0) is 6.42 Å². The monoisotopic (exact) mass is 283 g/mol. The highest BCUT2D eigenvalue weighted by Crippen LogP contribution is 2.12. The van der Waals surface area contributed by atoms with Crippen LogP contribution in [0.3, 0.4) is 0 Å². The Balaban J connectivity index is 1.60. The fourth-order valence-corrected chi connectivity index (χ4v) is 2.20. The summed E-state index contributed by atoms with van der Waals surface area (Å²) in [4.78, 5) is 19.1. The average Bonchev–Trinajstić information content (AvgIpc) is 2.95. The van der Waals surface area contributed by atoms with Gasteiger partial charge in [0.15, 0.2) is 0 Å². The summed E-state index contributed by atoms with van der Waals surface area (Å²) in [5.41, 5.74) is 3.03. The van der Waals surface area contributed by atoms with Gasteiger partial charge in [0.05, 0.1) is 22.9 Å². The highest BCUT2D eigenvalue weighted by atomic mass is 19.1. The molecule has 0 atom stereocenters. The Morgan fingerprint density at radius 2 is 2.10 bits per heavy atom. The van der Waals surface area contributed by atoms with Crippen molar-refractivity contribution < 1.29 is 9.18 Å². The molecule has 106 valence electrons. The molecule has 3 rings (SSSR count). The molecule has 1 heterocycles. The number of imidazole rings is 1. The van der Waals surface area contributed by atoms with Gasteiger partial charge in [-0.25, -0.2) is 9.37 Å². The van der Waals surface area contributed by atoms with Crippen LogP contribution in [0.25, 0.3) is 11.0 Å². The molecule has 0 aliphatic carbocycles. The molecule has 0 radical (unpaired) electrons. The van der Waals surface area contributed by atoms with Gasteiger partial charge in [0.25, 0.3) is 5.91 Å². The summed E-state index contributed by atoms with van der Waals surface area (Å²) < 4.78 is 13.5. The number of carbonyl (C=O) groups excluding carboxylic acids is 1. The zero-order valence-electron chi connectivity index (χ0n) is 11.3. The Labute approximate surface area is 121 Å². The molecule has 2 N–H and O–H groups in total. The lowest BCUT2D eigenvalue weighted by Gasteiger charge is -2.06. The maximum atomic E-state index is 13.5. The minimum absolute atomic E-state index is 0.0709. The zero-order valence-corrected chi connectivity index (χ0v) is 11.3. The first kappa shape index (κ1) is 13.3. The van der Waals surface area contributed by atoms with E-state index in [4.69, 9.17) is 0 Å². The van der Waals surface area contributed by atoms with Crippen LogP contribution in [0, 0.1) is 5.82 Å². The van der Waals surface area contributed by atoms with Crippen molar-refractivity contribution in [3.8, 4) is 0 Å². The van der Waals surface area contributed by atoms with Crippen molar-refractivity contribution in [1.29, 1.82) is 0 Å². The second-order valence-electron chi connectivity index (χ2n) is 4.74. The number of nitrogens with one attached hydrogen (secondary N) is 2. The molecule has 21 heavy (non-hydrogen) atoms. The van der Waals surface area contributed by atoms with Gasteiger partial charge < -0.3 is 10.3 Å². The van der Waals surface area contributed by atoms with E-state index < -0.39 is 11.7 Å². The predicted molar refractivity (Wildman–Crippen MR) is 78.5 cm³/mol. The number of fused-ring (bicyclic) bond motifs is 1. The smallest absolute Gasteiger partial charge is 0.254 e. The molecule has 0 unspecified atom stereocenters. The van der Waals surface area contributed by atoms with Crippen LogP contribution in [0.1, 0.15) is 15.9 Å². The average molecular weight is 283 g/mol. The summed E-state index contributed by atoms with van der Waals surface area (Å²) in [6, 6.07) is 11.9. The molecule has 0 aliphatic heterocycles. The lowest BCUT2D eigenvalue weighted by atomic mass is 10.1. The Hall–Kier alpha value is -2.69. The van der Waals surface area contributed by atoms with E-state index in [-0.39, 0.29) is 5.56 Å². The normalized spacial score (nSPS) is 10.7. The highest BCUT2D eigenvalue weighted by Gasteiger charge is 2.09. The van der Waals surface area contributed by atoms with Crippen LogP contribution in [-0.4, -0.2) is 22.4 Å². The Kier molecular flexibility index (Phi) is 3.64. The van der Waals surface area contributed by atoms with Crippen molar-refractivity contribution in [2.45, 2.75) is 6.42 Å². The minimum Gasteiger partial charge on any atom is -0.352 e. The fourth-order valence-electron chi connectivity index (χ4n) is 2.20. The van der Waals surface area contributed by atoms with Crippen LogP contribution in [0.15, 0.2) is 48.8 Å². The third-order valence-electron chi connectivity index (χ3n) is 3.30. The molecule has 5 heteroatoms. The van der Waals surface area contributed by atoms with Crippen molar-refractivity contribution in [2.75, 3.05) is 6.54 Å². The van der Waals surface area contributed by atoms with Gasteiger partial charge in [0.2, 0.25) is 0 Å². The molecule has 3 aromatic rings. The molecule has 0 aliphatic rings. The van der Waals surface area contributed by atoms with Crippen molar-refractivity contribution in [3.05, 3.63) is 65.7 Å². The number of rotatable bonds is 4. The van der Waals surface area contributed by atoms with Crippen molar-refractivity contribution >= 4 is 16.9 Å². The lowest BCUT2D eigenvalue weighted by Crippen LogP contribution is -2.26. The number of aromatic amines is 1. The van der Waals surface area contributed by atoms with Crippen LogP contribution in [0.2, 0.25) is 0 Å². The predicted octanol–water partition coefficient (Wildman–Crippen LogP) is 2.67. The third kappa shape index (κ3) is 2.91. The first-order valence-corrected chi connectivity index (χ1v) is 6.69. The third-order valence-corrected chi connectivity index (χ3v) is 3.30. The summed E-state index contributed by atoms with van der Waals surface area (Å²) in [6.45, 7) is 0.451. The van der Waals surface area contributed by atoms with Gasteiger partial charge in [-0.2, -0.15) is 0 Å². The van der Waals surface area contributed by atoms with Gasteiger partial charge in [-0.15, -0.1) is 0 Å². The van der Waals surface area contributed by atoms with Crippen molar-refractivity contribution in [1.82, 2.24) is 15.3 Å². The van der Waals surface area contributed by atoms with E-state index in [1.165, 1.54) is 12.1 Å². The van der Waals surface area contributed by atoms with E-state index in [0.717, 1.165) is 16.6 Å². The Bertz CT molecular complexity index is 782. The summed E-state index contributed by atoms with van der Waals surface area (Å²) in [7, 11) is 0. The molecule has 0 fully saturated rings. The van der Waals surface area contributed by atoms with Gasteiger partial charge in [-0.1, -0.05) is 18.2 Å². The topological polar surface area (TPSA) is 57.8 Å². The van der Waals surface area contributed by atoms with E-state index in [0.29, 0.717) is 13.0 Å². The van der Waals surface area contributed by atoms with Gasteiger partial charge in [0, 0.05) is 6.54 Å². The number of amides is 1. The summed E-state index contributed by atoms with van der Waals surface area (Å²) in [5.74, 6) is -0.899. The van der Waals surface area contributed by atoms with E-state index in [2.05, 4.69) is 15.3 Å². The number of H-pyrrole nitrogens is 1. The molecule has 0 bridgehead atoms. The van der Waals surface area contributed by atoms with Crippen LogP contribution in [0.5, 0.6) is 0 Å². The molecule has 4 nitrogen and oxygen atoms in total. The second-order valence-corrected chi connectivity index (χ2v) is 4.74. The summed E-state index contributed by atoms with van der Waals surface area (Å²) >= 11 is 0. The molecular weight excluding hydrogens is 269 g/mol. The number of halogens is 1. The number of carbonyl (C=O) groups is 1. The maximum Gasteiger partial charge on any atom is 0.254 e. The number of benzene rings is 2. The van der Waals surface area contributed by atoms with Crippen LogP contribution in [0.4, 0.5) is 4.39 Å². The molecule has 0 spiro atoms. The lowest BCUT2D eigenvalue weighted by molar-refractivity contribution is 0.0950. The second kappa shape index (κ2) is 5.75. The Morgan fingerprint density at radius 3 is 2.95 bits per heavy atom. The summed E-state index contributed by atoms with van der Waals surface area (Å²) in [6.07, 6.45) is 2.32. The highest BCUT2D eigenvalue weighted by molar-refractivity contribution is 5.94. The van der Waals surface area contributed by atoms with E-state index >= 15 is 0 Å². The van der Waals surface area contributed by atoms with Crippen LogP contribution < -0.4 is 5.32 Å². The van der Waals surface area contributed by atoms with Gasteiger partial charge in [0.1, 0.15) is 5.82 Å². The fraction of sp³-hybridized carbons (Fsp3) is 0.125. The van der Waals surface area contributed by atoms with Gasteiger partial charge in [-0.3, -0.25) is 4.79 Å². The van der Waals surface area contributed by atoms with E-state index in [1.54, 1.807) is 18.5 Å². The SMILES string of the molecule is O=C(NCCc1ccc2nc[nH]c2c1)c1ccccc1F. The van der Waals surface area contributed by atoms with Crippen LogP contribution >= 0.6 is 0 Å². The first-order chi connectivity index (χ1) is 10.2. The van der Waals surface area contributed by atoms with Gasteiger partial charge in [-0.05, 0) is 36.2 Å². The zero-order chi connectivity index (χ0) is 14.7. The largest absolute Gasteiger partial charge is 0.352 e. The van der Waals surface area contributed by atoms with E-state index in [1.807, 2.05) is 18.2 Å². The molecule has 1 aromatic heterocycles. The molecule has 0 saturated carbocycles. The van der Waals surface area contributed by atoms with Crippen molar-refractivity contribution in [2.24, 2.45) is 0 Å². The van der Waals surface area contributed by atoms with Crippen molar-refractivity contribution in [3.63, 3.8) is 0 Å². The Morgan fingerprint density at radius 1 is 1.24 bits per heavy atom. The molecule has 0 saturated heterocycles. The first-order valence-electron chi connectivity index (χ1n) is 6.69. The standard InChI is InChI=1S/C16H14FN3O/c17-13-4-2-1-3-12(13)16(21)18-8-7-11-5-6-14-15(9-11)20-10-19-14/h1-6,9-10H,7-8H2,(H,18,21)(H,19,20). The molecule has 1 amide bonds. The van der Waals surface area contributed by atoms with Gasteiger partial charge >= 0.3 is 0 Å². The summed E-state index contributed by atoms with van der Waals surface area (Å²) in [5, 5.41) is 2.73. The van der Waals surface area contributed by atoms with E-state index in [9.17, 15) is 9.18 Å². The maximum absolute atomic E-state index is 13.5.